The summed E-state index contributed by atoms with van der Waals surface area (Å²) < 4.78 is 37.3. The Morgan fingerprint density at radius 1 is 1.17 bits per heavy atom. The predicted molar refractivity (Wildman–Crippen MR) is 87.2 cm³/mol. The van der Waals surface area contributed by atoms with E-state index in [1.807, 2.05) is 13.8 Å². The summed E-state index contributed by atoms with van der Waals surface area (Å²) in [6.45, 7) is 5.28. The highest BCUT2D eigenvalue weighted by Gasteiger charge is 2.23. The SMILES string of the molecule is CC[C@H](C)NC(=O)[C@@H](C)NS(=O)(=O)c1ccc(OC)c(OC)c1. The predicted octanol–water partition coefficient (Wildman–Crippen LogP) is 1.29. The van der Waals surface area contributed by atoms with Crippen LogP contribution in [0.3, 0.4) is 0 Å². The molecule has 0 saturated heterocycles. The molecule has 8 heteroatoms. The normalized spacial score (nSPS) is 14.0. The average Bonchev–Trinajstić information content (AvgIpc) is 2.53. The number of amides is 1. The van der Waals surface area contributed by atoms with Gasteiger partial charge in [0.15, 0.2) is 11.5 Å². The first-order valence-electron chi connectivity index (χ1n) is 7.29. The fourth-order valence-electron chi connectivity index (χ4n) is 1.81. The summed E-state index contributed by atoms with van der Waals surface area (Å²) in [4.78, 5) is 12.0. The van der Waals surface area contributed by atoms with Crippen molar-refractivity contribution in [2.24, 2.45) is 0 Å². The Labute approximate surface area is 137 Å². The molecule has 0 radical (unpaired) electrons. The first-order valence-corrected chi connectivity index (χ1v) is 8.78. The number of ether oxygens (including phenoxy) is 2. The highest BCUT2D eigenvalue weighted by atomic mass is 32.2. The van der Waals surface area contributed by atoms with Gasteiger partial charge in [-0.2, -0.15) is 4.72 Å². The first-order chi connectivity index (χ1) is 10.7. The minimum absolute atomic E-state index is 0.00154. The Balaban J connectivity index is 2.93. The number of carbonyl (C=O) groups is 1. The fourth-order valence-corrected chi connectivity index (χ4v) is 3.03. The molecule has 2 N–H and O–H groups in total. The zero-order valence-electron chi connectivity index (χ0n) is 14.0. The third kappa shape index (κ3) is 5.11. The molecule has 23 heavy (non-hydrogen) atoms. The van der Waals surface area contributed by atoms with Crippen molar-refractivity contribution in [3.63, 3.8) is 0 Å². The molecule has 0 heterocycles. The maximum atomic E-state index is 12.4. The number of rotatable bonds is 8. The molecule has 130 valence electrons. The van der Waals surface area contributed by atoms with Gasteiger partial charge < -0.3 is 14.8 Å². The molecule has 0 aromatic heterocycles. The monoisotopic (exact) mass is 344 g/mol. The highest BCUT2D eigenvalue weighted by molar-refractivity contribution is 7.89. The molecule has 7 nitrogen and oxygen atoms in total. The van der Waals surface area contributed by atoms with Crippen molar-refractivity contribution in [3.8, 4) is 11.5 Å². The van der Waals surface area contributed by atoms with Crippen molar-refractivity contribution in [2.75, 3.05) is 14.2 Å². The minimum Gasteiger partial charge on any atom is -0.493 e. The number of hydrogen-bond acceptors (Lipinski definition) is 5. The molecular weight excluding hydrogens is 320 g/mol. The lowest BCUT2D eigenvalue weighted by molar-refractivity contribution is -0.122. The summed E-state index contributed by atoms with van der Waals surface area (Å²) in [6.07, 6.45) is 0.765. The lowest BCUT2D eigenvalue weighted by Crippen LogP contribution is -2.47. The standard InChI is InChI=1S/C15H24N2O5S/c1-6-10(2)16-15(18)11(3)17-23(19,20)12-7-8-13(21-4)14(9-12)22-5/h7-11,17H,6H2,1-5H3,(H,16,18)/t10-,11+/m0/s1. The van der Waals surface area contributed by atoms with Gasteiger partial charge in [-0.25, -0.2) is 8.42 Å². The van der Waals surface area contributed by atoms with Gasteiger partial charge in [-0.05, 0) is 32.4 Å². The lowest BCUT2D eigenvalue weighted by atomic mass is 10.2. The molecule has 1 aromatic carbocycles. The van der Waals surface area contributed by atoms with Gasteiger partial charge in [0, 0.05) is 12.1 Å². The summed E-state index contributed by atoms with van der Waals surface area (Å²) in [5, 5.41) is 2.73. The second-order valence-corrected chi connectivity index (χ2v) is 6.89. The Hall–Kier alpha value is -1.80. The molecule has 1 amide bonds. The van der Waals surface area contributed by atoms with Crippen molar-refractivity contribution in [2.45, 2.75) is 44.2 Å². The van der Waals surface area contributed by atoms with Crippen LogP contribution in [0.25, 0.3) is 0 Å². The third-order valence-electron chi connectivity index (χ3n) is 3.39. The van der Waals surface area contributed by atoms with Gasteiger partial charge in [0.25, 0.3) is 0 Å². The topological polar surface area (TPSA) is 93.7 Å². The maximum absolute atomic E-state index is 12.4. The molecular formula is C15H24N2O5S. The van der Waals surface area contributed by atoms with Crippen LogP contribution in [-0.4, -0.2) is 40.6 Å². The van der Waals surface area contributed by atoms with Gasteiger partial charge in [0.2, 0.25) is 15.9 Å². The van der Waals surface area contributed by atoms with Crippen molar-refractivity contribution in [3.05, 3.63) is 18.2 Å². The van der Waals surface area contributed by atoms with Crippen LogP contribution < -0.4 is 19.5 Å². The van der Waals surface area contributed by atoms with Crippen LogP contribution in [0.4, 0.5) is 0 Å². The van der Waals surface area contributed by atoms with E-state index in [0.717, 1.165) is 6.42 Å². The first kappa shape index (κ1) is 19.2. The van der Waals surface area contributed by atoms with Crippen LogP contribution in [0.2, 0.25) is 0 Å². The van der Waals surface area contributed by atoms with Crippen LogP contribution in [-0.2, 0) is 14.8 Å². The van der Waals surface area contributed by atoms with Gasteiger partial charge in [0.05, 0.1) is 25.2 Å². The minimum atomic E-state index is -3.85. The quantitative estimate of drug-likeness (QED) is 0.741. The average molecular weight is 344 g/mol. The van der Waals surface area contributed by atoms with E-state index in [1.165, 1.54) is 39.3 Å². The van der Waals surface area contributed by atoms with Crippen LogP contribution in [0.5, 0.6) is 11.5 Å². The molecule has 0 aliphatic rings. The van der Waals surface area contributed by atoms with E-state index in [2.05, 4.69) is 10.0 Å². The van der Waals surface area contributed by atoms with Gasteiger partial charge in [-0.15, -0.1) is 0 Å². The number of carbonyl (C=O) groups excluding carboxylic acids is 1. The molecule has 0 saturated carbocycles. The maximum Gasteiger partial charge on any atom is 0.241 e. The second kappa shape index (κ2) is 8.16. The molecule has 0 unspecified atom stereocenters. The van der Waals surface area contributed by atoms with E-state index in [4.69, 9.17) is 9.47 Å². The molecule has 0 aliphatic heterocycles. The summed E-state index contributed by atoms with van der Waals surface area (Å²) in [6, 6.07) is 3.33. The van der Waals surface area contributed by atoms with Crippen molar-refractivity contribution >= 4 is 15.9 Å². The fraction of sp³-hybridized carbons (Fsp3) is 0.533. The Morgan fingerprint density at radius 2 is 1.78 bits per heavy atom. The molecule has 1 aromatic rings. The van der Waals surface area contributed by atoms with Gasteiger partial charge in [-0.1, -0.05) is 6.92 Å². The molecule has 0 fully saturated rings. The van der Waals surface area contributed by atoms with E-state index in [9.17, 15) is 13.2 Å². The molecule has 2 atom stereocenters. The van der Waals surface area contributed by atoms with Crippen molar-refractivity contribution < 1.29 is 22.7 Å². The van der Waals surface area contributed by atoms with Crippen LogP contribution in [0.15, 0.2) is 23.1 Å². The summed E-state index contributed by atoms with van der Waals surface area (Å²) >= 11 is 0. The van der Waals surface area contributed by atoms with Crippen LogP contribution in [0, 0.1) is 0 Å². The number of sulfonamides is 1. The van der Waals surface area contributed by atoms with Crippen molar-refractivity contribution in [1.29, 1.82) is 0 Å². The third-order valence-corrected chi connectivity index (χ3v) is 4.93. The summed E-state index contributed by atoms with van der Waals surface area (Å²) in [7, 11) is -0.967. The summed E-state index contributed by atoms with van der Waals surface area (Å²) in [5.41, 5.74) is 0. The van der Waals surface area contributed by atoms with Crippen LogP contribution in [0.1, 0.15) is 27.2 Å². The largest absolute Gasteiger partial charge is 0.493 e. The van der Waals surface area contributed by atoms with Gasteiger partial charge in [0.1, 0.15) is 0 Å². The van der Waals surface area contributed by atoms with E-state index < -0.39 is 16.1 Å². The zero-order chi connectivity index (χ0) is 17.6. The van der Waals surface area contributed by atoms with E-state index in [0.29, 0.717) is 11.5 Å². The van der Waals surface area contributed by atoms with Crippen LogP contribution >= 0.6 is 0 Å². The van der Waals surface area contributed by atoms with Gasteiger partial charge in [-0.3, -0.25) is 4.79 Å². The molecule has 0 bridgehead atoms. The lowest BCUT2D eigenvalue weighted by Gasteiger charge is -2.18. The molecule has 0 aliphatic carbocycles. The summed E-state index contributed by atoms with van der Waals surface area (Å²) in [5.74, 6) is 0.351. The van der Waals surface area contributed by atoms with Crippen molar-refractivity contribution in [1.82, 2.24) is 10.0 Å². The molecule has 1 rings (SSSR count). The smallest absolute Gasteiger partial charge is 0.241 e. The Bertz CT molecular complexity index is 645. The van der Waals surface area contributed by atoms with E-state index in [-0.39, 0.29) is 16.8 Å². The molecule has 0 spiro atoms. The number of nitrogens with one attached hydrogen (secondary N) is 2. The van der Waals surface area contributed by atoms with E-state index in [1.54, 1.807) is 0 Å². The second-order valence-electron chi connectivity index (χ2n) is 5.18. The Kier molecular flexibility index (Phi) is 6.83. The zero-order valence-corrected chi connectivity index (χ0v) is 14.9. The number of benzene rings is 1. The highest BCUT2D eigenvalue weighted by Crippen LogP contribution is 2.29. The number of hydrogen-bond donors (Lipinski definition) is 2. The van der Waals surface area contributed by atoms with Gasteiger partial charge >= 0.3 is 0 Å². The van der Waals surface area contributed by atoms with E-state index >= 15 is 0 Å². The number of methoxy groups -OCH3 is 2. The Morgan fingerprint density at radius 3 is 2.30 bits per heavy atom.